The van der Waals surface area contributed by atoms with Crippen LogP contribution in [0.5, 0.6) is 5.75 Å². The fourth-order valence-electron chi connectivity index (χ4n) is 1.83. The van der Waals surface area contributed by atoms with Gasteiger partial charge in [-0.1, -0.05) is 46.3 Å². The zero-order valence-electron chi connectivity index (χ0n) is 10.4. The van der Waals surface area contributed by atoms with Gasteiger partial charge in [0, 0.05) is 16.5 Å². The lowest BCUT2D eigenvalue weighted by Gasteiger charge is -2.13. The number of halogens is 3. The Morgan fingerprint density at radius 3 is 2.47 bits per heavy atom. The minimum atomic E-state index is -0.855. The smallest absolute Gasteiger partial charge is 0.165 e. The molecule has 4 heteroatoms. The van der Waals surface area contributed by atoms with Crippen LogP contribution in [0.25, 0.3) is 0 Å². The molecule has 0 atom stereocenters. The third-order valence-electron chi connectivity index (χ3n) is 2.84. The Morgan fingerprint density at radius 2 is 1.74 bits per heavy atom. The predicted molar refractivity (Wildman–Crippen MR) is 74.5 cm³/mol. The van der Waals surface area contributed by atoms with Crippen molar-refractivity contribution < 1.29 is 13.5 Å². The number of benzene rings is 2. The van der Waals surface area contributed by atoms with Gasteiger partial charge < -0.3 is 4.74 Å². The maximum atomic E-state index is 13.5. The molecule has 2 aromatic carbocycles. The van der Waals surface area contributed by atoms with E-state index in [1.807, 2.05) is 25.1 Å². The highest BCUT2D eigenvalue weighted by Crippen LogP contribution is 2.26. The Balaban J connectivity index is 2.21. The molecular weight excluding hydrogens is 314 g/mol. The topological polar surface area (TPSA) is 9.23 Å². The van der Waals surface area contributed by atoms with Crippen molar-refractivity contribution in [1.82, 2.24) is 0 Å². The second-order valence-electron chi connectivity index (χ2n) is 4.20. The van der Waals surface area contributed by atoms with Gasteiger partial charge in [0.15, 0.2) is 11.6 Å². The molecule has 0 aliphatic rings. The summed E-state index contributed by atoms with van der Waals surface area (Å²) in [6.07, 6.45) is 0. The summed E-state index contributed by atoms with van der Waals surface area (Å²) in [5.74, 6) is -0.994. The van der Waals surface area contributed by atoms with Crippen LogP contribution >= 0.6 is 15.9 Å². The molecule has 0 aliphatic heterocycles. The lowest BCUT2D eigenvalue weighted by Crippen LogP contribution is -2.03. The van der Waals surface area contributed by atoms with Gasteiger partial charge in [-0.3, -0.25) is 0 Å². The number of hydrogen-bond acceptors (Lipinski definition) is 1. The molecule has 1 nitrogen and oxygen atoms in total. The first-order valence-electron chi connectivity index (χ1n) is 5.83. The van der Waals surface area contributed by atoms with Crippen LogP contribution in [0, 0.1) is 18.6 Å². The van der Waals surface area contributed by atoms with Crippen LogP contribution in [0.2, 0.25) is 0 Å². The molecule has 0 N–H and O–H groups in total. The van der Waals surface area contributed by atoms with Crippen LogP contribution < -0.4 is 4.74 Å². The van der Waals surface area contributed by atoms with Gasteiger partial charge in [-0.15, -0.1) is 0 Å². The standard InChI is InChI=1S/C15H13BrF2O/c1-10-4-2-5-11(8-16)15(10)19-9-12-6-3-7-13(17)14(12)18/h2-7H,8-9H2,1H3. The van der Waals surface area contributed by atoms with E-state index in [0.29, 0.717) is 11.1 Å². The van der Waals surface area contributed by atoms with Crippen LogP contribution in [0.3, 0.4) is 0 Å². The van der Waals surface area contributed by atoms with Gasteiger partial charge in [0.25, 0.3) is 0 Å². The van der Waals surface area contributed by atoms with Crippen LogP contribution in [0.1, 0.15) is 16.7 Å². The van der Waals surface area contributed by atoms with Gasteiger partial charge in [0.1, 0.15) is 12.4 Å². The van der Waals surface area contributed by atoms with Gasteiger partial charge in [-0.05, 0) is 18.6 Å². The molecule has 0 radical (unpaired) electrons. The molecule has 0 heterocycles. The minimum Gasteiger partial charge on any atom is -0.488 e. The Labute approximate surface area is 119 Å². The SMILES string of the molecule is Cc1cccc(CBr)c1OCc1cccc(F)c1F. The van der Waals surface area contributed by atoms with E-state index in [0.717, 1.165) is 17.2 Å². The van der Waals surface area contributed by atoms with Crippen molar-refractivity contribution in [3.63, 3.8) is 0 Å². The first-order chi connectivity index (χ1) is 9.13. The van der Waals surface area contributed by atoms with Crippen molar-refractivity contribution in [2.24, 2.45) is 0 Å². The molecule has 2 aromatic rings. The first-order valence-corrected chi connectivity index (χ1v) is 6.95. The van der Waals surface area contributed by atoms with Crippen molar-refractivity contribution in [2.45, 2.75) is 18.9 Å². The van der Waals surface area contributed by atoms with E-state index < -0.39 is 11.6 Å². The Morgan fingerprint density at radius 1 is 1.05 bits per heavy atom. The van der Waals surface area contributed by atoms with E-state index in [4.69, 9.17) is 4.74 Å². The van der Waals surface area contributed by atoms with Crippen molar-refractivity contribution >= 4 is 15.9 Å². The molecule has 0 saturated heterocycles. The van der Waals surface area contributed by atoms with E-state index in [2.05, 4.69) is 15.9 Å². The summed E-state index contributed by atoms with van der Waals surface area (Å²) in [6, 6.07) is 9.87. The average molecular weight is 327 g/mol. The maximum Gasteiger partial charge on any atom is 0.165 e. The monoisotopic (exact) mass is 326 g/mol. The lowest BCUT2D eigenvalue weighted by molar-refractivity contribution is 0.293. The van der Waals surface area contributed by atoms with Gasteiger partial charge in [0.05, 0.1) is 0 Å². The Kier molecular flexibility index (Phi) is 4.53. The van der Waals surface area contributed by atoms with E-state index in [-0.39, 0.29) is 12.2 Å². The fourth-order valence-corrected chi connectivity index (χ4v) is 2.28. The Hall–Kier alpha value is -1.42. The van der Waals surface area contributed by atoms with E-state index >= 15 is 0 Å². The summed E-state index contributed by atoms with van der Waals surface area (Å²) in [7, 11) is 0. The van der Waals surface area contributed by atoms with Gasteiger partial charge in [-0.25, -0.2) is 8.78 Å². The Bertz CT molecular complexity index is 584. The minimum absolute atomic E-state index is 0.00838. The fraction of sp³-hybridized carbons (Fsp3) is 0.200. The van der Waals surface area contributed by atoms with Gasteiger partial charge in [0.2, 0.25) is 0 Å². The highest BCUT2D eigenvalue weighted by Gasteiger charge is 2.10. The van der Waals surface area contributed by atoms with Crippen LogP contribution in [0.4, 0.5) is 8.78 Å². The van der Waals surface area contributed by atoms with Crippen molar-refractivity contribution in [3.05, 3.63) is 64.7 Å². The number of hydrogen-bond donors (Lipinski definition) is 0. The molecule has 0 amide bonds. The highest BCUT2D eigenvalue weighted by atomic mass is 79.9. The average Bonchev–Trinajstić information content (AvgIpc) is 2.41. The molecule has 0 spiro atoms. The third-order valence-corrected chi connectivity index (χ3v) is 3.45. The summed E-state index contributed by atoms with van der Waals surface area (Å²) in [4.78, 5) is 0. The predicted octanol–water partition coefficient (Wildman–Crippen LogP) is 4.75. The van der Waals surface area contributed by atoms with Crippen molar-refractivity contribution in [2.75, 3.05) is 0 Å². The third kappa shape index (κ3) is 3.13. The second-order valence-corrected chi connectivity index (χ2v) is 4.76. The molecule has 100 valence electrons. The highest BCUT2D eigenvalue weighted by molar-refractivity contribution is 9.08. The lowest BCUT2D eigenvalue weighted by atomic mass is 10.1. The molecule has 0 unspecified atom stereocenters. The molecule has 0 bridgehead atoms. The van der Waals surface area contributed by atoms with Crippen LogP contribution in [-0.4, -0.2) is 0 Å². The van der Waals surface area contributed by atoms with Gasteiger partial charge in [-0.2, -0.15) is 0 Å². The number of alkyl halides is 1. The van der Waals surface area contributed by atoms with Crippen LogP contribution in [0.15, 0.2) is 36.4 Å². The number of ether oxygens (including phenoxy) is 1. The summed E-state index contributed by atoms with van der Waals surface area (Å²) >= 11 is 3.38. The number of aryl methyl sites for hydroxylation is 1. The van der Waals surface area contributed by atoms with E-state index in [1.54, 1.807) is 0 Å². The van der Waals surface area contributed by atoms with Gasteiger partial charge >= 0.3 is 0 Å². The summed E-state index contributed by atoms with van der Waals surface area (Å²) < 4.78 is 32.3. The summed E-state index contributed by atoms with van der Waals surface area (Å²) in [6.45, 7) is 1.93. The summed E-state index contributed by atoms with van der Waals surface area (Å²) in [5, 5.41) is 0.648. The maximum absolute atomic E-state index is 13.5. The van der Waals surface area contributed by atoms with E-state index in [9.17, 15) is 8.78 Å². The quantitative estimate of drug-likeness (QED) is 0.737. The zero-order chi connectivity index (χ0) is 13.8. The van der Waals surface area contributed by atoms with E-state index in [1.165, 1.54) is 12.1 Å². The second kappa shape index (κ2) is 6.15. The number of rotatable bonds is 4. The molecule has 0 saturated carbocycles. The molecular formula is C15H13BrF2O. The molecule has 0 aromatic heterocycles. The molecule has 0 aliphatic carbocycles. The molecule has 19 heavy (non-hydrogen) atoms. The first kappa shape index (κ1) is 14.0. The normalized spacial score (nSPS) is 10.5. The molecule has 2 rings (SSSR count). The largest absolute Gasteiger partial charge is 0.488 e. The number of para-hydroxylation sites is 1. The van der Waals surface area contributed by atoms with Crippen molar-refractivity contribution in [3.8, 4) is 5.75 Å². The summed E-state index contributed by atoms with van der Waals surface area (Å²) in [5.41, 5.74) is 2.16. The van der Waals surface area contributed by atoms with Crippen molar-refractivity contribution in [1.29, 1.82) is 0 Å². The zero-order valence-corrected chi connectivity index (χ0v) is 12.0. The molecule has 0 fully saturated rings. The van der Waals surface area contributed by atoms with Crippen LogP contribution in [-0.2, 0) is 11.9 Å².